The minimum Gasteiger partial charge on any atom is -0.485 e. The molecule has 0 aliphatic carbocycles. The Morgan fingerprint density at radius 1 is 1.29 bits per heavy atom. The van der Waals surface area contributed by atoms with E-state index in [9.17, 15) is 4.79 Å². The molecule has 5 nitrogen and oxygen atoms in total. The highest BCUT2D eigenvalue weighted by atomic mass is 32.2. The van der Waals surface area contributed by atoms with Crippen LogP contribution in [0.4, 0.5) is 0 Å². The summed E-state index contributed by atoms with van der Waals surface area (Å²) in [5.41, 5.74) is 0. The highest BCUT2D eigenvalue weighted by Crippen LogP contribution is 2.14. The third kappa shape index (κ3) is 9.44. The van der Waals surface area contributed by atoms with Crippen molar-refractivity contribution >= 4 is 27.1 Å². The first kappa shape index (κ1) is 21.2. The van der Waals surface area contributed by atoms with Gasteiger partial charge in [0.2, 0.25) is 5.12 Å². The Morgan fingerprint density at radius 2 is 2.00 bits per heavy atom. The normalized spacial score (nSPS) is 13.8. The summed E-state index contributed by atoms with van der Waals surface area (Å²) >= 11 is 1.30. The van der Waals surface area contributed by atoms with Gasteiger partial charge in [-0.1, -0.05) is 30.0 Å². The van der Waals surface area contributed by atoms with Crippen LogP contribution in [0, 0.1) is 0 Å². The summed E-state index contributed by atoms with van der Waals surface area (Å²) in [6.07, 6.45) is 2.23. The molecule has 0 spiro atoms. The van der Waals surface area contributed by atoms with Crippen LogP contribution in [-0.2, 0) is 14.3 Å². The van der Waals surface area contributed by atoms with Crippen LogP contribution in [0.2, 0.25) is 0 Å². The van der Waals surface area contributed by atoms with Crippen LogP contribution in [-0.4, -0.2) is 65.5 Å². The lowest BCUT2D eigenvalue weighted by atomic mass is 10.3. The fourth-order valence-corrected chi connectivity index (χ4v) is 2.91. The highest BCUT2D eigenvalue weighted by Gasteiger charge is 2.15. The second-order valence-corrected chi connectivity index (χ2v) is 7.28. The first-order valence-corrected chi connectivity index (χ1v) is 10.7. The molecule has 1 aromatic carbocycles. The number of para-hydroxylation sites is 1. The Bertz CT molecular complexity index is 461. The predicted molar refractivity (Wildman–Crippen MR) is 103 cm³/mol. The second-order valence-electron chi connectivity index (χ2n) is 5.55. The Morgan fingerprint density at radius 3 is 2.62 bits per heavy atom. The van der Waals surface area contributed by atoms with Gasteiger partial charge in [0, 0.05) is 22.2 Å². The summed E-state index contributed by atoms with van der Waals surface area (Å²) < 4.78 is 17.0. The van der Waals surface area contributed by atoms with Crippen LogP contribution in [0.15, 0.2) is 30.3 Å². The smallest absolute Gasteiger partial charge is 0.226 e. The molecule has 1 rings (SSSR count). The third-order valence-corrected chi connectivity index (χ3v) is 4.64. The molecule has 7 heteroatoms. The zero-order chi connectivity index (χ0) is 17.8. The fraction of sp³-hybridized carbons (Fsp3) is 0.588. The average Bonchev–Trinajstić information content (AvgIpc) is 2.57. The SMILES string of the molecule is CC(OC(CCCSC(=O)COc1ccccc1)OC[SiH3])N(C)C. The van der Waals surface area contributed by atoms with Crippen molar-refractivity contribution in [2.45, 2.75) is 32.3 Å². The van der Waals surface area contributed by atoms with Gasteiger partial charge < -0.3 is 14.2 Å². The number of hydrogen-bond donors (Lipinski definition) is 0. The summed E-state index contributed by atoms with van der Waals surface area (Å²) in [6, 6.07) is 9.38. The van der Waals surface area contributed by atoms with Gasteiger partial charge in [-0.3, -0.25) is 9.69 Å². The fourth-order valence-electron chi connectivity index (χ4n) is 1.85. The second kappa shape index (κ2) is 12.5. The molecule has 0 amide bonds. The van der Waals surface area contributed by atoms with Gasteiger partial charge in [0.15, 0.2) is 12.9 Å². The minimum atomic E-state index is -0.198. The molecule has 0 fully saturated rings. The monoisotopic (exact) mass is 371 g/mol. The number of benzene rings is 1. The van der Waals surface area contributed by atoms with E-state index in [-0.39, 0.29) is 24.2 Å². The number of ether oxygens (including phenoxy) is 3. The Balaban J connectivity index is 2.18. The molecule has 0 aliphatic heterocycles. The summed E-state index contributed by atoms with van der Waals surface area (Å²) in [7, 11) is 4.94. The van der Waals surface area contributed by atoms with Crippen LogP contribution in [0.1, 0.15) is 19.8 Å². The van der Waals surface area contributed by atoms with Crippen molar-refractivity contribution in [1.82, 2.24) is 4.90 Å². The maximum Gasteiger partial charge on any atom is 0.226 e. The lowest BCUT2D eigenvalue weighted by Crippen LogP contribution is -2.33. The maximum atomic E-state index is 11.8. The Kier molecular flexibility index (Phi) is 11.0. The standard InChI is InChI=1S/C17H29NO4SSi/c1-14(18(2)3)22-17(21-13-24)10-7-11-23-16(19)12-20-15-8-5-4-6-9-15/h4-6,8-9,14,17H,7,10-13H2,1-3,24H3. The Labute approximate surface area is 152 Å². The van der Waals surface area contributed by atoms with E-state index in [0.717, 1.165) is 40.8 Å². The zero-order valence-electron chi connectivity index (χ0n) is 15.1. The van der Waals surface area contributed by atoms with Crippen molar-refractivity contribution in [3.05, 3.63) is 30.3 Å². The molecule has 0 heterocycles. The van der Waals surface area contributed by atoms with Gasteiger partial charge in [-0.25, -0.2) is 0 Å². The molecule has 0 N–H and O–H groups in total. The van der Waals surface area contributed by atoms with E-state index < -0.39 is 0 Å². The van der Waals surface area contributed by atoms with E-state index in [2.05, 4.69) is 0 Å². The van der Waals surface area contributed by atoms with Gasteiger partial charge in [0.1, 0.15) is 12.0 Å². The zero-order valence-corrected chi connectivity index (χ0v) is 17.9. The maximum absolute atomic E-state index is 11.8. The summed E-state index contributed by atoms with van der Waals surface area (Å²) in [6.45, 7) is 2.10. The summed E-state index contributed by atoms with van der Waals surface area (Å²) in [5, 5.41) is 0.0433. The van der Waals surface area contributed by atoms with Crippen molar-refractivity contribution in [2.24, 2.45) is 0 Å². The van der Waals surface area contributed by atoms with Crippen molar-refractivity contribution in [2.75, 3.05) is 32.7 Å². The van der Waals surface area contributed by atoms with Crippen molar-refractivity contribution in [3.8, 4) is 5.75 Å². The van der Waals surface area contributed by atoms with Crippen LogP contribution in [0.5, 0.6) is 5.75 Å². The van der Waals surface area contributed by atoms with E-state index >= 15 is 0 Å². The Hall–Kier alpha value is -0.863. The van der Waals surface area contributed by atoms with E-state index in [0.29, 0.717) is 0 Å². The number of nitrogens with zero attached hydrogens (tertiary/aromatic N) is 1. The molecular formula is C17H29NO4SSi. The number of hydrogen-bond acceptors (Lipinski definition) is 6. The van der Waals surface area contributed by atoms with Crippen molar-refractivity contribution in [1.29, 1.82) is 0 Å². The lowest BCUT2D eigenvalue weighted by molar-refractivity contribution is -0.189. The van der Waals surface area contributed by atoms with Gasteiger partial charge in [0.05, 0.1) is 0 Å². The molecule has 1 aromatic rings. The molecule has 0 aliphatic rings. The number of carbonyl (C=O) groups excluding carboxylic acids is 1. The van der Waals surface area contributed by atoms with Gasteiger partial charge >= 0.3 is 0 Å². The summed E-state index contributed by atoms with van der Waals surface area (Å²) in [4.78, 5) is 13.8. The molecule has 0 saturated heterocycles. The molecule has 24 heavy (non-hydrogen) atoms. The first-order chi connectivity index (χ1) is 11.5. The van der Waals surface area contributed by atoms with E-state index in [1.54, 1.807) is 0 Å². The lowest BCUT2D eigenvalue weighted by Gasteiger charge is -2.26. The van der Waals surface area contributed by atoms with E-state index in [1.165, 1.54) is 11.8 Å². The van der Waals surface area contributed by atoms with Crippen LogP contribution < -0.4 is 4.74 Å². The number of rotatable bonds is 12. The van der Waals surface area contributed by atoms with E-state index in [1.807, 2.05) is 56.3 Å². The van der Waals surface area contributed by atoms with E-state index in [4.69, 9.17) is 14.2 Å². The van der Waals surface area contributed by atoms with Gasteiger partial charge in [-0.05, 0) is 46.0 Å². The molecule has 2 atom stereocenters. The average molecular weight is 372 g/mol. The summed E-state index contributed by atoms with van der Waals surface area (Å²) in [5.74, 6) is 1.47. The van der Waals surface area contributed by atoms with Crippen LogP contribution >= 0.6 is 11.8 Å². The molecule has 0 saturated carbocycles. The van der Waals surface area contributed by atoms with Crippen LogP contribution in [0.25, 0.3) is 0 Å². The van der Waals surface area contributed by atoms with Gasteiger partial charge in [0.25, 0.3) is 0 Å². The third-order valence-electron chi connectivity index (χ3n) is 3.38. The molecule has 136 valence electrons. The molecular weight excluding hydrogens is 342 g/mol. The molecule has 2 unspecified atom stereocenters. The van der Waals surface area contributed by atoms with Crippen molar-refractivity contribution < 1.29 is 19.0 Å². The number of carbonyl (C=O) groups is 1. The first-order valence-electron chi connectivity index (χ1n) is 8.30. The largest absolute Gasteiger partial charge is 0.485 e. The quantitative estimate of drug-likeness (QED) is 0.317. The number of thioether (sulfide) groups is 1. The van der Waals surface area contributed by atoms with Gasteiger partial charge in [-0.15, -0.1) is 0 Å². The van der Waals surface area contributed by atoms with Gasteiger partial charge in [-0.2, -0.15) is 0 Å². The molecule has 0 radical (unpaired) electrons. The van der Waals surface area contributed by atoms with Crippen molar-refractivity contribution in [3.63, 3.8) is 0 Å². The van der Waals surface area contributed by atoms with Crippen LogP contribution in [0.3, 0.4) is 0 Å². The molecule has 0 aromatic heterocycles. The molecule has 0 bridgehead atoms. The highest BCUT2D eigenvalue weighted by molar-refractivity contribution is 8.13. The minimum absolute atomic E-state index is 0.0109. The predicted octanol–water partition coefficient (Wildman–Crippen LogP) is 1.70. The topological polar surface area (TPSA) is 48.0 Å².